The predicted molar refractivity (Wildman–Crippen MR) is 140 cm³/mol. The quantitative estimate of drug-likeness (QED) is 0.361. The normalized spacial score (nSPS) is 14.2. The molecule has 3 aromatic carbocycles. The van der Waals surface area contributed by atoms with Gasteiger partial charge in [-0.2, -0.15) is 0 Å². The molecule has 0 aliphatic heterocycles. The van der Waals surface area contributed by atoms with Gasteiger partial charge >= 0.3 is 12.2 Å². The summed E-state index contributed by atoms with van der Waals surface area (Å²) in [6.07, 6.45) is -3.91. The molecule has 1 aliphatic rings. The molecule has 0 radical (unpaired) electrons. The third-order valence-electron chi connectivity index (χ3n) is 6.04. The van der Waals surface area contributed by atoms with Gasteiger partial charge in [-0.1, -0.05) is 60.7 Å². The van der Waals surface area contributed by atoms with Gasteiger partial charge in [0.05, 0.1) is 0 Å². The Morgan fingerprint density at radius 3 is 2.14 bits per heavy atom. The van der Waals surface area contributed by atoms with Crippen LogP contribution in [0, 0.1) is 0 Å². The van der Waals surface area contributed by atoms with Crippen LogP contribution in [0.4, 0.5) is 15.3 Å². The third kappa shape index (κ3) is 6.47. The zero-order valence-corrected chi connectivity index (χ0v) is 21.1. The molecule has 0 saturated carbocycles. The van der Waals surface area contributed by atoms with Crippen molar-refractivity contribution in [3.63, 3.8) is 0 Å². The zero-order valence-electron chi connectivity index (χ0n) is 21.1. The van der Waals surface area contributed by atoms with Crippen LogP contribution in [0.25, 0.3) is 11.1 Å². The van der Waals surface area contributed by atoms with Crippen LogP contribution < -0.4 is 10.6 Å². The van der Waals surface area contributed by atoms with Gasteiger partial charge < -0.3 is 25.0 Å². The summed E-state index contributed by atoms with van der Waals surface area (Å²) in [5.41, 5.74) is 4.60. The van der Waals surface area contributed by atoms with Gasteiger partial charge in [0.2, 0.25) is 0 Å². The van der Waals surface area contributed by atoms with Crippen LogP contribution in [-0.2, 0) is 9.47 Å². The molecule has 194 valence electrons. The van der Waals surface area contributed by atoms with E-state index in [4.69, 9.17) is 9.47 Å². The highest BCUT2D eigenvalue weighted by Crippen LogP contribution is 2.44. The highest BCUT2D eigenvalue weighted by atomic mass is 16.6. The van der Waals surface area contributed by atoms with Gasteiger partial charge in [0.25, 0.3) is 0 Å². The van der Waals surface area contributed by atoms with Gasteiger partial charge in [-0.15, -0.1) is 0 Å². The molecule has 0 fully saturated rings. The number of nitrogens with one attached hydrogen (secondary N) is 2. The number of amides is 2. The highest BCUT2D eigenvalue weighted by molar-refractivity contribution is 5.85. The molecule has 0 spiro atoms. The van der Waals surface area contributed by atoms with Crippen LogP contribution >= 0.6 is 0 Å². The number of aliphatic hydroxyl groups is 2. The van der Waals surface area contributed by atoms with E-state index in [0.717, 1.165) is 22.3 Å². The van der Waals surface area contributed by atoms with Crippen LogP contribution in [0.2, 0.25) is 0 Å². The average molecular weight is 505 g/mol. The van der Waals surface area contributed by atoms with Gasteiger partial charge in [-0.25, -0.2) is 9.59 Å². The maximum absolute atomic E-state index is 12.4. The Labute approximate surface area is 216 Å². The first-order valence-corrected chi connectivity index (χ1v) is 12.2. The molecule has 1 aliphatic carbocycles. The fourth-order valence-electron chi connectivity index (χ4n) is 4.39. The summed E-state index contributed by atoms with van der Waals surface area (Å²) < 4.78 is 10.7. The van der Waals surface area contributed by atoms with Crippen molar-refractivity contribution >= 4 is 17.9 Å². The van der Waals surface area contributed by atoms with Crippen molar-refractivity contribution in [1.29, 1.82) is 0 Å². The van der Waals surface area contributed by atoms with E-state index in [1.807, 2.05) is 36.4 Å². The zero-order chi connectivity index (χ0) is 26.6. The number of carbonyl (C=O) groups excluding carboxylic acids is 2. The van der Waals surface area contributed by atoms with Crippen LogP contribution in [0.3, 0.4) is 0 Å². The first kappa shape index (κ1) is 26.2. The standard InChI is InChI=1S/C29H32N2O6/c1-29(2,3)37-28(35)31-19-10-8-9-18(15-19)26(33)25(32)16-30-27(34)36-17-24-22-13-6-4-11-20(22)21-12-5-7-14-23(21)24/h4-15,24-26,32-33H,16-17H2,1-3H3,(H,30,34)(H,31,35). The number of carbonyl (C=O) groups is 2. The Morgan fingerprint density at radius 1 is 0.892 bits per heavy atom. The number of benzene rings is 3. The van der Waals surface area contributed by atoms with Crippen LogP contribution in [0.1, 0.15) is 49.5 Å². The number of aliphatic hydroxyl groups excluding tert-OH is 2. The number of ether oxygens (including phenoxy) is 2. The lowest BCUT2D eigenvalue weighted by atomic mass is 9.98. The Kier molecular flexibility index (Phi) is 7.80. The molecule has 4 N–H and O–H groups in total. The van der Waals surface area contributed by atoms with Crippen molar-refractivity contribution in [2.24, 2.45) is 0 Å². The predicted octanol–water partition coefficient (Wildman–Crippen LogP) is 4.97. The fourth-order valence-corrected chi connectivity index (χ4v) is 4.39. The van der Waals surface area contributed by atoms with Crippen molar-refractivity contribution in [2.45, 2.75) is 44.5 Å². The molecule has 3 aromatic rings. The second-order valence-electron chi connectivity index (χ2n) is 9.97. The second-order valence-corrected chi connectivity index (χ2v) is 9.97. The lowest BCUT2D eigenvalue weighted by molar-refractivity contribution is 0.0186. The molecule has 0 heterocycles. The summed E-state index contributed by atoms with van der Waals surface area (Å²) in [5.74, 6) is -0.0751. The summed E-state index contributed by atoms with van der Waals surface area (Å²) in [7, 11) is 0. The number of fused-ring (bicyclic) bond motifs is 3. The second kappa shape index (κ2) is 11.0. The van der Waals surface area contributed by atoms with E-state index in [2.05, 4.69) is 22.8 Å². The topological polar surface area (TPSA) is 117 Å². The van der Waals surface area contributed by atoms with Crippen molar-refractivity contribution in [1.82, 2.24) is 5.32 Å². The van der Waals surface area contributed by atoms with E-state index in [1.54, 1.807) is 39.0 Å². The third-order valence-corrected chi connectivity index (χ3v) is 6.04. The molecular formula is C29H32N2O6. The molecule has 8 nitrogen and oxygen atoms in total. The van der Waals surface area contributed by atoms with Crippen molar-refractivity contribution in [2.75, 3.05) is 18.5 Å². The SMILES string of the molecule is CC(C)(C)OC(=O)Nc1cccc(C(O)C(O)CNC(=O)OCC2c3ccccc3-c3ccccc32)c1. The lowest BCUT2D eigenvalue weighted by Gasteiger charge is -2.21. The Balaban J connectivity index is 1.30. The maximum Gasteiger partial charge on any atom is 0.412 e. The molecule has 4 rings (SSSR count). The van der Waals surface area contributed by atoms with E-state index in [-0.39, 0.29) is 19.1 Å². The molecule has 2 atom stereocenters. The van der Waals surface area contributed by atoms with Crippen LogP contribution in [0.5, 0.6) is 0 Å². The molecule has 0 bridgehead atoms. The highest BCUT2D eigenvalue weighted by Gasteiger charge is 2.29. The minimum absolute atomic E-state index is 0.0751. The Bertz CT molecular complexity index is 1220. The maximum atomic E-state index is 12.4. The molecule has 8 heteroatoms. The lowest BCUT2D eigenvalue weighted by Crippen LogP contribution is -2.36. The Hall–Kier alpha value is -3.88. The van der Waals surface area contributed by atoms with Gasteiger partial charge in [0.1, 0.15) is 24.4 Å². The summed E-state index contributed by atoms with van der Waals surface area (Å²) >= 11 is 0. The smallest absolute Gasteiger partial charge is 0.412 e. The van der Waals surface area contributed by atoms with Gasteiger partial charge in [0.15, 0.2) is 0 Å². The molecule has 37 heavy (non-hydrogen) atoms. The first-order valence-electron chi connectivity index (χ1n) is 12.2. The van der Waals surface area contributed by atoms with E-state index in [9.17, 15) is 19.8 Å². The van der Waals surface area contributed by atoms with Crippen molar-refractivity contribution < 1.29 is 29.3 Å². The van der Waals surface area contributed by atoms with E-state index in [1.165, 1.54) is 6.07 Å². The van der Waals surface area contributed by atoms with Gasteiger partial charge in [-0.05, 0) is 60.7 Å². The largest absolute Gasteiger partial charge is 0.449 e. The van der Waals surface area contributed by atoms with E-state index >= 15 is 0 Å². The fraction of sp³-hybridized carbons (Fsp3) is 0.310. The van der Waals surface area contributed by atoms with E-state index < -0.39 is 30.0 Å². The number of hydrogen-bond acceptors (Lipinski definition) is 6. The average Bonchev–Trinajstić information content (AvgIpc) is 3.18. The summed E-state index contributed by atoms with van der Waals surface area (Å²) in [5, 5.41) is 26.1. The minimum atomic E-state index is -1.30. The molecule has 2 amide bonds. The Morgan fingerprint density at radius 2 is 1.51 bits per heavy atom. The van der Waals surface area contributed by atoms with E-state index in [0.29, 0.717) is 11.3 Å². The van der Waals surface area contributed by atoms with Crippen molar-refractivity contribution in [3.8, 4) is 11.1 Å². The first-order chi connectivity index (χ1) is 17.6. The number of hydrogen-bond donors (Lipinski definition) is 4. The van der Waals surface area contributed by atoms with Crippen LogP contribution in [0.15, 0.2) is 72.8 Å². The molecular weight excluding hydrogens is 472 g/mol. The number of alkyl carbamates (subject to hydrolysis) is 1. The van der Waals surface area contributed by atoms with Gasteiger partial charge in [0, 0.05) is 18.2 Å². The number of rotatable bonds is 7. The minimum Gasteiger partial charge on any atom is -0.449 e. The molecule has 0 saturated heterocycles. The van der Waals surface area contributed by atoms with Crippen LogP contribution in [-0.4, -0.2) is 47.3 Å². The van der Waals surface area contributed by atoms with Gasteiger partial charge in [-0.3, -0.25) is 5.32 Å². The molecule has 2 unspecified atom stereocenters. The molecule has 0 aromatic heterocycles. The summed E-state index contributed by atoms with van der Waals surface area (Å²) in [4.78, 5) is 24.4. The van der Waals surface area contributed by atoms with Crippen molar-refractivity contribution in [3.05, 3.63) is 89.5 Å². The summed E-state index contributed by atoms with van der Waals surface area (Å²) in [6, 6.07) is 22.5. The number of anilines is 1. The monoisotopic (exact) mass is 504 g/mol. The summed E-state index contributed by atoms with van der Waals surface area (Å²) in [6.45, 7) is 5.20.